The monoisotopic (exact) mass is 291 g/mol. The third-order valence-electron chi connectivity index (χ3n) is 3.98. The van der Waals surface area contributed by atoms with Gasteiger partial charge in [-0.2, -0.15) is 5.10 Å². The summed E-state index contributed by atoms with van der Waals surface area (Å²) < 4.78 is 0. The second kappa shape index (κ2) is 4.46. The molecule has 0 unspecified atom stereocenters. The van der Waals surface area contributed by atoms with Gasteiger partial charge in [-0.1, -0.05) is 24.3 Å². The Morgan fingerprint density at radius 2 is 2.09 bits per heavy atom. The number of fused-ring (bicyclic) bond motifs is 2. The van der Waals surface area contributed by atoms with E-state index in [0.29, 0.717) is 5.56 Å². The maximum atomic E-state index is 11.6. The van der Waals surface area contributed by atoms with Crippen molar-refractivity contribution in [2.45, 2.75) is 6.92 Å². The van der Waals surface area contributed by atoms with Gasteiger partial charge in [0.25, 0.3) is 0 Å². The fraction of sp³-hybridized carbons (Fsp3) is 0.0588. The molecule has 3 N–H and O–H groups in total. The summed E-state index contributed by atoms with van der Waals surface area (Å²) in [6.45, 7) is 1.97. The van der Waals surface area contributed by atoms with Gasteiger partial charge in [0.1, 0.15) is 5.69 Å². The van der Waals surface area contributed by atoms with Gasteiger partial charge in [0.05, 0.1) is 11.7 Å². The van der Waals surface area contributed by atoms with Crippen LogP contribution in [0.3, 0.4) is 0 Å². The van der Waals surface area contributed by atoms with Gasteiger partial charge < -0.3 is 10.1 Å². The molecule has 22 heavy (non-hydrogen) atoms. The third-order valence-corrected chi connectivity index (χ3v) is 3.98. The Bertz CT molecular complexity index is 1030. The molecule has 0 amide bonds. The fourth-order valence-electron chi connectivity index (χ4n) is 2.92. The second-order valence-electron chi connectivity index (χ2n) is 5.35. The molecule has 5 heteroatoms. The van der Waals surface area contributed by atoms with Crippen molar-refractivity contribution in [1.29, 1.82) is 0 Å². The second-order valence-corrected chi connectivity index (χ2v) is 5.35. The molecule has 0 aliphatic heterocycles. The number of nitrogens with zero attached hydrogens (tertiary/aromatic N) is 1. The van der Waals surface area contributed by atoms with Gasteiger partial charge >= 0.3 is 5.97 Å². The number of carbonyl (C=O) groups is 1. The molecule has 4 aromatic rings. The average Bonchev–Trinajstić information content (AvgIpc) is 3.11. The Morgan fingerprint density at radius 3 is 2.91 bits per heavy atom. The number of aromatic amines is 2. The first-order valence-electron chi connectivity index (χ1n) is 6.93. The number of benzene rings is 2. The molecule has 0 atom stereocenters. The van der Waals surface area contributed by atoms with Crippen LogP contribution in [0.4, 0.5) is 0 Å². The molecule has 0 fully saturated rings. The van der Waals surface area contributed by atoms with Crippen molar-refractivity contribution in [2.75, 3.05) is 0 Å². The number of hydrogen-bond donors (Lipinski definition) is 3. The van der Waals surface area contributed by atoms with Crippen LogP contribution in [0, 0.1) is 6.92 Å². The lowest BCUT2D eigenvalue weighted by Gasteiger charge is -2.03. The summed E-state index contributed by atoms with van der Waals surface area (Å²) in [7, 11) is 0. The highest BCUT2D eigenvalue weighted by Crippen LogP contribution is 2.35. The molecule has 2 aromatic heterocycles. The van der Waals surface area contributed by atoms with Crippen LogP contribution < -0.4 is 0 Å². The molecular formula is C17H13N3O2. The molecule has 0 spiro atoms. The molecule has 0 radical (unpaired) electrons. The van der Waals surface area contributed by atoms with Crippen LogP contribution in [0.2, 0.25) is 0 Å². The number of aromatic nitrogens is 3. The van der Waals surface area contributed by atoms with Gasteiger partial charge in [-0.15, -0.1) is 0 Å². The molecule has 4 rings (SSSR count). The zero-order valence-electron chi connectivity index (χ0n) is 11.8. The molecule has 0 aliphatic carbocycles. The average molecular weight is 291 g/mol. The Morgan fingerprint density at radius 1 is 1.23 bits per heavy atom. The summed E-state index contributed by atoms with van der Waals surface area (Å²) in [5.74, 6) is -0.960. The minimum atomic E-state index is -0.960. The molecule has 108 valence electrons. The largest absolute Gasteiger partial charge is 0.477 e. The van der Waals surface area contributed by atoms with Gasteiger partial charge in [0, 0.05) is 21.9 Å². The van der Waals surface area contributed by atoms with E-state index < -0.39 is 5.97 Å². The lowest BCUT2D eigenvalue weighted by atomic mass is 9.99. The van der Waals surface area contributed by atoms with Gasteiger partial charge in [-0.25, -0.2) is 4.79 Å². The molecule has 5 nitrogen and oxygen atoms in total. The van der Waals surface area contributed by atoms with Crippen LogP contribution in [0.25, 0.3) is 32.9 Å². The Balaban J connectivity index is 2.09. The quantitative estimate of drug-likeness (QED) is 0.526. The number of para-hydroxylation sites is 1. The first kappa shape index (κ1) is 12.6. The molecule has 0 saturated carbocycles. The van der Waals surface area contributed by atoms with Crippen LogP contribution in [0.1, 0.15) is 16.1 Å². The predicted octanol–water partition coefficient (Wildman–Crippen LogP) is 3.72. The third kappa shape index (κ3) is 1.72. The van der Waals surface area contributed by atoms with E-state index in [4.69, 9.17) is 0 Å². The molecule has 2 aromatic carbocycles. The number of carboxylic acids is 1. The summed E-state index contributed by atoms with van der Waals surface area (Å²) >= 11 is 0. The maximum absolute atomic E-state index is 11.6. The molecule has 2 heterocycles. The van der Waals surface area contributed by atoms with Crippen molar-refractivity contribution in [1.82, 2.24) is 15.2 Å². The zero-order chi connectivity index (χ0) is 15.3. The van der Waals surface area contributed by atoms with E-state index in [1.54, 1.807) is 6.20 Å². The van der Waals surface area contributed by atoms with Crippen molar-refractivity contribution in [3.63, 3.8) is 0 Å². The van der Waals surface area contributed by atoms with E-state index in [2.05, 4.69) is 15.2 Å². The van der Waals surface area contributed by atoms with E-state index in [1.165, 1.54) is 0 Å². The lowest BCUT2D eigenvalue weighted by molar-refractivity contribution is 0.0692. The highest BCUT2D eigenvalue weighted by Gasteiger charge is 2.19. The van der Waals surface area contributed by atoms with E-state index >= 15 is 0 Å². The maximum Gasteiger partial charge on any atom is 0.352 e. The lowest BCUT2D eigenvalue weighted by Crippen LogP contribution is -1.98. The summed E-state index contributed by atoms with van der Waals surface area (Å²) in [5.41, 5.74) is 4.61. The van der Waals surface area contributed by atoms with Crippen molar-refractivity contribution >= 4 is 27.8 Å². The topological polar surface area (TPSA) is 81.8 Å². The van der Waals surface area contributed by atoms with Crippen molar-refractivity contribution in [2.24, 2.45) is 0 Å². The number of nitrogens with one attached hydrogen (secondary N) is 2. The van der Waals surface area contributed by atoms with Crippen LogP contribution in [-0.2, 0) is 0 Å². The minimum absolute atomic E-state index is 0.215. The standard InChI is InChI=1S/C17H13N3O2/c1-9-3-2-4-12-14(16(17(21)22)19-15(9)12)10-5-6-13-11(7-10)8-18-20-13/h2-8,19H,1H3,(H,18,20)(H,21,22). The summed E-state index contributed by atoms with van der Waals surface area (Å²) in [6, 6.07) is 11.6. The Hall–Kier alpha value is -3.08. The SMILES string of the molecule is Cc1cccc2c(-c3ccc4[nH]ncc4c3)c(C(=O)O)[nH]c12. The number of aromatic carboxylic acids is 1. The number of carboxylic acid groups (broad SMARTS) is 1. The van der Waals surface area contributed by atoms with Crippen LogP contribution in [-0.4, -0.2) is 26.3 Å². The van der Waals surface area contributed by atoms with Gasteiger partial charge in [0.15, 0.2) is 0 Å². The molecular weight excluding hydrogens is 278 g/mol. The van der Waals surface area contributed by atoms with Gasteiger partial charge in [-0.3, -0.25) is 5.10 Å². The Kier molecular flexibility index (Phi) is 2.56. The number of rotatable bonds is 2. The van der Waals surface area contributed by atoms with E-state index in [9.17, 15) is 9.90 Å². The number of aryl methyl sites for hydroxylation is 1. The van der Waals surface area contributed by atoms with Crippen molar-refractivity contribution in [3.05, 3.63) is 53.9 Å². The van der Waals surface area contributed by atoms with E-state index in [1.807, 2.05) is 43.3 Å². The van der Waals surface area contributed by atoms with Gasteiger partial charge in [0.2, 0.25) is 0 Å². The Labute approximate surface area is 125 Å². The van der Waals surface area contributed by atoms with Crippen LogP contribution >= 0.6 is 0 Å². The number of H-pyrrole nitrogens is 2. The number of hydrogen-bond acceptors (Lipinski definition) is 2. The predicted molar refractivity (Wildman–Crippen MR) is 85.1 cm³/mol. The van der Waals surface area contributed by atoms with Crippen LogP contribution in [0.5, 0.6) is 0 Å². The van der Waals surface area contributed by atoms with Crippen LogP contribution in [0.15, 0.2) is 42.6 Å². The smallest absolute Gasteiger partial charge is 0.352 e. The highest BCUT2D eigenvalue weighted by molar-refractivity contribution is 6.09. The first-order chi connectivity index (χ1) is 10.6. The minimum Gasteiger partial charge on any atom is -0.477 e. The molecule has 0 saturated heterocycles. The van der Waals surface area contributed by atoms with Crippen molar-refractivity contribution < 1.29 is 9.90 Å². The zero-order valence-corrected chi connectivity index (χ0v) is 11.8. The highest BCUT2D eigenvalue weighted by atomic mass is 16.4. The van der Waals surface area contributed by atoms with E-state index in [0.717, 1.165) is 32.9 Å². The first-order valence-corrected chi connectivity index (χ1v) is 6.93. The summed E-state index contributed by atoms with van der Waals surface area (Å²) in [5, 5.41) is 18.3. The molecule has 0 aliphatic rings. The fourth-order valence-corrected chi connectivity index (χ4v) is 2.92. The molecule has 0 bridgehead atoms. The summed E-state index contributed by atoms with van der Waals surface area (Å²) in [4.78, 5) is 14.7. The van der Waals surface area contributed by atoms with E-state index in [-0.39, 0.29) is 5.69 Å². The van der Waals surface area contributed by atoms with Gasteiger partial charge in [-0.05, 0) is 30.2 Å². The summed E-state index contributed by atoms with van der Waals surface area (Å²) in [6.07, 6.45) is 1.74. The van der Waals surface area contributed by atoms with Crippen molar-refractivity contribution in [3.8, 4) is 11.1 Å². The normalized spacial score (nSPS) is 11.3.